The van der Waals surface area contributed by atoms with Crippen LogP contribution in [0.4, 0.5) is 0 Å². The van der Waals surface area contributed by atoms with E-state index in [0.717, 1.165) is 11.4 Å². The maximum absolute atomic E-state index is 5.88. The van der Waals surface area contributed by atoms with Gasteiger partial charge in [-0.15, -0.1) is 0 Å². The Morgan fingerprint density at radius 2 is 1.88 bits per heavy atom. The first-order chi connectivity index (χ1) is 7.60. The molecule has 0 spiro atoms. The molecule has 1 aromatic rings. The molecule has 0 heterocycles. The second kappa shape index (κ2) is 6.24. The first-order valence-corrected chi connectivity index (χ1v) is 6.15. The molecule has 0 aromatic heterocycles. The van der Waals surface area contributed by atoms with Crippen LogP contribution in [0.5, 0.6) is 0 Å². The molecule has 0 aliphatic heterocycles. The van der Waals surface area contributed by atoms with E-state index >= 15 is 0 Å². The van der Waals surface area contributed by atoms with Crippen molar-refractivity contribution < 1.29 is 0 Å². The van der Waals surface area contributed by atoms with Crippen LogP contribution in [0.15, 0.2) is 24.3 Å². The zero-order valence-electron chi connectivity index (χ0n) is 10.3. The van der Waals surface area contributed by atoms with Crippen LogP contribution in [0.1, 0.15) is 31.9 Å². The van der Waals surface area contributed by atoms with E-state index < -0.39 is 0 Å². The Labute approximate surface area is 103 Å². The van der Waals surface area contributed by atoms with Crippen LogP contribution in [-0.2, 0) is 0 Å². The second-order valence-electron chi connectivity index (χ2n) is 4.19. The highest BCUT2D eigenvalue weighted by molar-refractivity contribution is 6.30. The van der Waals surface area contributed by atoms with E-state index in [1.54, 1.807) is 0 Å². The number of nitrogens with zero attached hydrogens (tertiary/aromatic N) is 1. The fourth-order valence-corrected chi connectivity index (χ4v) is 2.04. The molecule has 16 heavy (non-hydrogen) atoms. The highest BCUT2D eigenvalue weighted by Gasteiger charge is 2.18. The summed E-state index contributed by atoms with van der Waals surface area (Å²) in [6, 6.07) is 8.82. The Bertz CT molecular complexity index is 306. The molecule has 0 aliphatic rings. The van der Waals surface area contributed by atoms with Gasteiger partial charge >= 0.3 is 0 Å². The van der Waals surface area contributed by atoms with E-state index in [1.807, 2.05) is 12.1 Å². The average molecular weight is 241 g/mol. The van der Waals surface area contributed by atoms with Crippen LogP contribution in [0.3, 0.4) is 0 Å². The van der Waals surface area contributed by atoms with Crippen LogP contribution < -0.4 is 5.73 Å². The van der Waals surface area contributed by atoms with E-state index in [-0.39, 0.29) is 0 Å². The lowest BCUT2D eigenvalue weighted by atomic mass is 10.0. The Kier molecular flexibility index (Phi) is 5.26. The number of halogens is 1. The first-order valence-electron chi connectivity index (χ1n) is 5.77. The standard InChI is InChI=1S/C13H21ClN2/c1-4-13(9-15)16(3)10(2)11-5-7-12(14)8-6-11/h5-8,10,13H,4,9,15H2,1-3H3. The Hall–Kier alpha value is -0.570. The lowest BCUT2D eigenvalue weighted by molar-refractivity contribution is 0.184. The van der Waals surface area contributed by atoms with Crippen molar-refractivity contribution in [2.45, 2.75) is 32.4 Å². The first kappa shape index (κ1) is 13.5. The van der Waals surface area contributed by atoms with Crippen LogP contribution in [-0.4, -0.2) is 24.5 Å². The zero-order chi connectivity index (χ0) is 12.1. The van der Waals surface area contributed by atoms with Crippen molar-refractivity contribution in [3.05, 3.63) is 34.9 Å². The van der Waals surface area contributed by atoms with Gasteiger partial charge in [0.05, 0.1) is 0 Å². The SMILES string of the molecule is CCC(CN)N(C)C(C)c1ccc(Cl)cc1. The predicted molar refractivity (Wildman–Crippen MR) is 70.8 cm³/mol. The van der Waals surface area contributed by atoms with E-state index in [4.69, 9.17) is 17.3 Å². The van der Waals surface area contributed by atoms with Gasteiger partial charge in [0.1, 0.15) is 0 Å². The van der Waals surface area contributed by atoms with Crippen molar-refractivity contribution in [3.8, 4) is 0 Å². The maximum atomic E-state index is 5.88. The van der Waals surface area contributed by atoms with E-state index in [9.17, 15) is 0 Å². The summed E-state index contributed by atoms with van der Waals surface area (Å²) in [6.45, 7) is 5.06. The summed E-state index contributed by atoms with van der Waals surface area (Å²) >= 11 is 5.88. The lowest BCUT2D eigenvalue weighted by Gasteiger charge is -2.32. The average Bonchev–Trinajstić information content (AvgIpc) is 2.30. The number of likely N-dealkylation sites (N-methyl/N-ethyl adjacent to an activating group) is 1. The minimum atomic E-state index is 0.366. The number of nitrogens with two attached hydrogens (primary N) is 1. The molecule has 0 saturated heterocycles. The molecule has 1 aromatic carbocycles. The summed E-state index contributed by atoms with van der Waals surface area (Å²) < 4.78 is 0. The third kappa shape index (κ3) is 3.21. The Balaban J connectivity index is 2.76. The molecule has 0 saturated carbocycles. The fraction of sp³-hybridized carbons (Fsp3) is 0.538. The third-order valence-corrected chi connectivity index (χ3v) is 3.53. The quantitative estimate of drug-likeness (QED) is 0.857. The molecule has 1 rings (SSSR count). The number of hydrogen-bond acceptors (Lipinski definition) is 2. The van der Waals surface area contributed by atoms with Gasteiger partial charge in [-0.1, -0.05) is 30.7 Å². The molecule has 2 nitrogen and oxygen atoms in total. The van der Waals surface area contributed by atoms with Crippen molar-refractivity contribution in [2.75, 3.05) is 13.6 Å². The van der Waals surface area contributed by atoms with Crippen molar-refractivity contribution in [3.63, 3.8) is 0 Å². The van der Waals surface area contributed by atoms with Crippen LogP contribution in [0, 0.1) is 0 Å². The van der Waals surface area contributed by atoms with Gasteiger partial charge in [0.25, 0.3) is 0 Å². The molecule has 2 N–H and O–H groups in total. The normalized spacial score (nSPS) is 15.1. The van der Waals surface area contributed by atoms with Crippen LogP contribution in [0.2, 0.25) is 5.02 Å². The third-order valence-electron chi connectivity index (χ3n) is 3.28. The monoisotopic (exact) mass is 240 g/mol. The van der Waals surface area contributed by atoms with Gasteiger partial charge in [-0.3, -0.25) is 4.90 Å². The van der Waals surface area contributed by atoms with Crippen molar-refractivity contribution >= 4 is 11.6 Å². The summed E-state index contributed by atoms with van der Waals surface area (Å²) in [5.74, 6) is 0. The highest BCUT2D eigenvalue weighted by Crippen LogP contribution is 2.22. The topological polar surface area (TPSA) is 29.3 Å². The smallest absolute Gasteiger partial charge is 0.0406 e. The van der Waals surface area contributed by atoms with Crippen molar-refractivity contribution in [1.29, 1.82) is 0 Å². The summed E-state index contributed by atoms with van der Waals surface area (Å²) in [5.41, 5.74) is 7.04. The Morgan fingerprint density at radius 3 is 2.31 bits per heavy atom. The molecule has 2 atom stereocenters. The van der Waals surface area contributed by atoms with Gasteiger partial charge < -0.3 is 5.73 Å². The fourth-order valence-electron chi connectivity index (χ4n) is 1.91. The molecular weight excluding hydrogens is 220 g/mol. The number of rotatable bonds is 5. The predicted octanol–water partition coefficient (Wildman–Crippen LogP) is 3.07. The number of benzene rings is 1. The summed E-state index contributed by atoms with van der Waals surface area (Å²) in [4.78, 5) is 2.32. The molecule has 0 radical (unpaired) electrons. The molecule has 0 bridgehead atoms. The van der Waals surface area contributed by atoms with Crippen LogP contribution >= 0.6 is 11.6 Å². The molecule has 90 valence electrons. The summed E-state index contributed by atoms with van der Waals surface area (Å²) in [7, 11) is 2.13. The lowest BCUT2D eigenvalue weighted by Crippen LogP contribution is -2.38. The van der Waals surface area contributed by atoms with E-state index in [1.165, 1.54) is 5.56 Å². The maximum Gasteiger partial charge on any atom is 0.0406 e. The summed E-state index contributed by atoms with van der Waals surface area (Å²) in [5, 5.41) is 0.782. The molecule has 0 fully saturated rings. The molecule has 0 aliphatic carbocycles. The molecule has 3 heteroatoms. The molecule has 2 unspecified atom stereocenters. The highest BCUT2D eigenvalue weighted by atomic mass is 35.5. The van der Waals surface area contributed by atoms with Gasteiger partial charge in [-0.2, -0.15) is 0 Å². The van der Waals surface area contributed by atoms with Gasteiger partial charge in [-0.05, 0) is 38.1 Å². The van der Waals surface area contributed by atoms with Crippen molar-refractivity contribution in [1.82, 2.24) is 4.90 Å². The van der Waals surface area contributed by atoms with E-state index in [2.05, 4.69) is 37.9 Å². The number of hydrogen-bond donors (Lipinski definition) is 1. The van der Waals surface area contributed by atoms with Gasteiger partial charge in [0, 0.05) is 23.7 Å². The minimum absolute atomic E-state index is 0.366. The van der Waals surface area contributed by atoms with Crippen molar-refractivity contribution in [2.24, 2.45) is 5.73 Å². The minimum Gasteiger partial charge on any atom is -0.329 e. The second-order valence-corrected chi connectivity index (χ2v) is 4.63. The van der Waals surface area contributed by atoms with Crippen LogP contribution in [0.25, 0.3) is 0 Å². The Morgan fingerprint density at radius 1 is 1.31 bits per heavy atom. The molecular formula is C13H21ClN2. The van der Waals surface area contributed by atoms with E-state index in [0.29, 0.717) is 18.6 Å². The van der Waals surface area contributed by atoms with Gasteiger partial charge in [0.15, 0.2) is 0 Å². The van der Waals surface area contributed by atoms with Gasteiger partial charge in [-0.25, -0.2) is 0 Å². The largest absolute Gasteiger partial charge is 0.329 e. The zero-order valence-corrected chi connectivity index (χ0v) is 11.0. The summed E-state index contributed by atoms with van der Waals surface area (Å²) in [6.07, 6.45) is 1.07. The molecule has 0 amide bonds. The van der Waals surface area contributed by atoms with Gasteiger partial charge in [0.2, 0.25) is 0 Å².